The summed E-state index contributed by atoms with van der Waals surface area (Å²) in [4.78, 5) is 25.0. The Hall–Kier alpha value is -2.17. The van der Waals surface area contributed by atoms with Crippen LogP contribution in [0.3, 0.4) is 0 Å². The molecule has 0 radical (unpaired) electrons. The highest BCUT2D eigenvalue weighted by Gasteiger charge is 2.25. The normalized spacial score (nSPS) is 14.8. The molecule has 1 amide bonds. The highest BCUT2D eigenvalue weighted by atomic mass is 19.1. The molecule has 4 nitrogen and oxygen atoms in total. The van der Waals surface area contributed by atoms with Crippen molar-refractivity contribution in [1.82, 2.24) is 4.90 Å². The molecule has 0 spiro atoms. The molecule has 1 aliphatic rings. The topological polar surface area (TPSA) is 46.6 Å². The van der Waals surface area contributed by atoms with Crippen molar-refractivity contribution in [2.24, 2.45) is 0 Å². The van der Waals surface area contributed by atoms with E-state index >= 15 is 0 Å². The Morgan fingerprint density at radius 3 is 2.86 bits per heavy atom. The molecule has 0 fully saturated rings. The predicted octanol–water partition coefficient (Wildman–Crippen LogP) is 2.92. The van der Waals surface area contributed by atoms with Crippen molar-refractivity contribution in [2.75, 3.05) is 19.7 Å². The minimum absolute atomic E-state index is 0.0261. The van der Waals surface area contributed by atoms with Gasteiger partial charge in [0.2, 0.25) is 0 Å². The number of hydrogen-bond donors (Lipinski definition) is 0. The molecule has 0 unspecified atom stereocenters. The first-order chi connectivity index (χ1) is 10.5. The number of ketones is 1. The maximum absolute atomic E-state index is 12.5. The lowest BCUT2D eigenvalue weighted by molar-refractivity contribution is -0.117. The summed E-state index contributed by atoms with van der Waals surface area (Å²) in [6.45, 7) is 4.22. The zero-order chi connectivity index (χ0) is 16.1. The first kappa shape index (κ1) is 16.2. The van der Waals surface area contributed by atoms with Gasteiger partial charge in [0, 0.05) is 12.1 Å². The third kappa shape index (κ3) is 3.72. The second-order valence-corrected chi connectivity index (χ2v) is 5.41. The van der Waals surface area contributed by atoms with E-state index in [4.69, 9.17) is 4.74 Å². The number of halogens is 1. The molecule has 0 saturated heterocycles. The van der Waals surface area contributed by atoms with E-state index < -0.39 is 0 Å². The standard InChI is InChI=1S/C17H20FNO3/c1-3-13(9-18)11-22-15-4-5-16-14(8-15)6-7-19(17(16)21)10-12(2)20/h4-5,8-9H,3,6-7,10-11H2,1-2H3/b13-9-. The number of carbonyl (C=O) groups is 2. The summed E-state index contributed by atoms with van der Waals surface area (Å²) >= 11 is 0. The molecular formula is C17H20FNO3. The molecule has 0 bridgehead atoms. The van der Waals surface area contributed by atoms with E-state index in [9.17, 15) is 14.0 Å². The van der Waals surface area contributed by atoms with Gasteiger partial charge in [-0.25, -0.2) is 4.39 Å². The minimum Gasteiger partial charge on any atom is -0.489 e. The van der Waals surface area contributed by atoms with Crippen molar-refractivity contribution in [2.45, 2.75) is 26.7 Å². The maximum Gasteiger partial charge on any atom is 0.254 e. The Balaban J connectivity index is 2.10. The van der Waals surface area contributed by atoms with Crippen molar-refractivity contribution in [3.63, 3.8) is 0 Å². The van der Waals surface area contributed by atoms with Crippen LogP contribution >= 0.6 is 0 Å². The van der Waals surface area contributed by atoms with Crippen LogP contribution in [0.2, 0.25) is 0 Å². The largest absolute Gasteiger partial charge is 0.489 e. The van der Waals surface area contributed by atoms with Crippen LogP contribution in [-0.4, -0.2) is 36.3 Å². The lowest BCUT2D eigenvalue weighted by atomic mass is 9.98. The van der Waals surface area contributed by atoms with E-state index in [2.05, 4.69) is 0 Å². The van der Waals surface area contributed by atoms with Crippen LogP contribution in [0.5, 0.6) is 5.75 Å². The first-order valence-electron chi connectivity index (χ1n) is 7.37. The molecule has 1 aliphatic heterocycles. The molecule has 1 heterocycles. The number of ether oxygens (including phenoxy) is 1. The van der Waals surface area contributed by atoms with Crippen LogP contribution in [0, 0.1) is 0 Å². The number of carbonyl (C=O) groups excluding carboxylic acids is 2. The molecule has 0 N–H and O–H groups in total. The van der Waals surface area contributed by atoms with Crippen LogP contribution in [0.4, 0.5) is 4.39 Å². The number of Topliss-reactive ketones (excluding diaryl/α,β-unsaturated/α-hetero) is 1. The van der Waals surface area contributed by atoms with E-state index in [-0.39, 0.29) is 24.8 Å². The fraction of sp³-hybridized carbons (Fsp3) is 0.412. The molecule has 0 saturated carbocycles. The molecular weight excluding hydrogens is 285 g/mol. The number of hydrogen-bond acceptors (Lipinski definition) is 3. The number of amides is 1. The van der Waals surface area contributed by atoms with E-state index in [0.717, 1.165) is 5.56 Å². The maximum atomic E-state index is 12.5. The van der Waals surface area contributed by atoms with Gasteiger partial charge in [0.1, 0.15) is 18.1 Å². The van der Waals surface area contributed by atoms with Crippen molar-refractivity contribution >= 4 is 11.7 Å². The molecule has 0 atom stereocenters. The van der Waals surface area contributed by atoms with Gasteiger partial charge in [-0.1, -0.05) is 6.92 Å². The zero-order valence-electron chi connectivity index (χ0n) is 12.9. The average Bonchev–Trinajstić information content (AvgIpc) is 2.51. The van der Waals surface area contributed by atoms with Crippen LogP contribution in [0.25, 0.3) is 0 Å². The summed E-state index contributed by atoms with van der Waals surface area (Å²) in [5.74, 6) is 0.474. The van der Waals surface area contributed by atoms with Gasteiger partial charge >= 0.3 is 0 Å². The lowest BCUT2D eigenvalue weighted by Crippen LogP contribution is -2.40. The summed E-state index contributed by atoms with van der Waals surface area (Å²) in [6, 6.07) is 5.24. The second kappa shape index (κ2) is 7.20. The average molecular weight is 305 g/mol. The van der Waals surface area contributed by atoms with Crippen molar-refractivity contribution in [3.8, 4) is 5.75 Å². The molecule has 5 heteroatoms. The molecule has 1 aromatic rings. The van der Waals surface area contributed by atoms with Gasteiger partial charge in [-0.15, -0.1) is 0 Å². The van der Waals surface area contributed by atoms with Crippen molar-refractivity contribution < 1.29 is 18.7 Å². The highest BCUT2D eigenvalue weighted by molar-refractivity contribution is 5.98. The Labute approximate surface area is 129 Å². The highest BCUT2D eigenvalue weighted by Crippen LogP contribution is 2.24. The Morgan fingerprint density at radius 1 is 1.45 bits per heavy atom. The number of nitrogens with zero attached hydrogens (tertiary/aromatic N) is 1. The summed E-state index contributed by atoms with van der Waals surface area (Å²) in [7, 11) is 0. The number of benzene rings is 1. The fourth-order valence-corrected chi connectivity index (χ4v) is 2.41. The van der Waals surface area contributed by atoms with Gasteiger partial charge in [0.25, 0.3) is 5.91 Å². The fourth-order valence-electron chi connectivity index (χ4n) is 2.41. The van der Waals surface area contributed by atoms with Gasteiger partial charge in [-0.05, 0) is 49.1 Å². The quantitative estimate of drug-likeness (QED) is 0.812. The summed E-state index contributed by atoms with van der Waals surface area (Å²) in [5, 5.41) is 0. The molecule has 22 heavy (non-hydrogen) atoms. The smallest absolute Gasteiger partial charge is 0.254 e. The zero-order valence-corrected chi connectivity index (χ0v) is 12.9. The van der Waals surface area contributed by atoms with Gasteiger partial charge in [0.05, 0.1) is 12.9 Å². The third-order valence-electron chi connectivity index (χ3n) is 3.69. The van der Waals surface area contributed by atoms with Crippen LogP contribution in [0.1, 0.15) is 36.2 Å². The lowest BCUT2D eigenvalue weighted by Gasteiger charge is -2.28. The van der Waals surface area contributed by atoms with Crippen LogP contribution in [0.15, 0.2) is 30.1 Å². The van der Waals surface area contributed by atoms with E-state index in [0.29, 0.717) is 42.6 Å². The van der Waals surface area contributed by atoms with E-state index in [1.165, 1.54) is 6.92 Å². The number of fused-ring (bicyclic) bond motifs is 1. The SMILES string of the molecule is CC/C(=C/F)COc1ccc2c(c1)CCN(CC(C)=O)C2=O. The van der Waals surface area contributed by atoms with Crippen LogP contribution < -0.4 is 4.74 Å². The molecule has 0 aliphatic carbocycles. The van der Waals surface area contributed by atoms with E-state index in [1.807, 2.05) is 13.0 Å². The second-order valence-electron chi connectivity index (χ2n) is 5.41. The van der Waals surface area contributed by atoms with Gasteiger partial charge in [-0.3, -0.25) is 9.59 Å². The van der Waals surface area contributed by atoms with Crippen molar-refractivity contribution in [3.05, 3.63) is 41.2 Å². The predicted molar refractivity (Wildman–Crippen MR) is 81.7 cm³/mol. The Kier molecular flexibility index (Phi) is 5.31. The molecule has 118 valence electrons. The van der Waals surface area contributed by atoms with Gasteiger partial charge in [-0.2, -0.15) is 0 Å². The summed E-state index contributed by atoms with van der Waals surface area (Å²) in [6.07, 6.45) is 1.85. The van der Waals surface area contributed by atoms with E-state index in [1.54, 1.807) is 17.0 Å². The summed E-state index contributed by atoms with van der Waals surface area (Å²) in [5.41, 5.74) is 2.10. The first-order valence-corrected chi connectivity index (χ1v) is 7.37. The van der Waals surface area contributed by atoms with Gasteiger partial charge in [0.15, 0.2) is 0 Å². The molecule has 1 aromatic carbocycles. The minimum atomic E-state index is -0.124. The number of rotatable bonds is 6. The third-order valence-corrected chi connectivity index (χ3v) is 3.69. The molecule has 0 aromatic heterocycles. The monoisotopic (exact) mass is 305 g/mol. The van der Waals surface area contributed by atoms with Gasteiger partial charge < -0.3 is 9.64 Å². The molecule has 2 rings (SSSR count). The van der Waals surface area contributed by atoms with Crippen molar-refractivity contribution in [1.29, 1.82) is 0 Å². The summed E-state index contributed by atoms with van der Waals surface area (Å²) < 4.78 is 18.1. The Bertz CT molecular complexity index is 610. The Morgan fingerprint density at radius 2 is 2.23 bits per heavy atom. The van der Waals surface area contributed by atoms with Crippen LogP contribution in [-0.2, 0) is 11.2 Å².